The molecular formula is C4H8ClN3S. The zero-order valence-electron chi connectivity index (χ0n) is 4.70. The summed E-state index contributed by atoms with van der Waals surface area (Å²) in [5, 5.41) is 2.94. The molecule has 0 spiro atoms. The van der Waals surface area contributed by atoms with E-state index in [2.05, 4.69) is 10.4 Å². The Balaban J connectivity index is 0.000000640. The van der Waals surface area contributed by atoms with Crippen LogP contribution < -0.4 is 11.3 Å². The molecule has 1 aromatic rings. The Morgan fingerprint density at radius 2 is 2.56 bits per heavy atom. The molecule has 1 heterocycles. The largest absolute Gasteiger partial charge is 0.271 e. The Kier molecular flexibility index (Phi) is 4.61. The van der Waals surface area contributed by atoms with Gasteiger partial charge >= 0.3 is 0 Å². The van der Waals surface area contributed by atoms with Gasteiger partial charge in [0.05, 0.1) is 6.54 Å². The van der Waals surface area contributed by atoms with Crippen molar-refractivity contribution in [1.29, 1.82) is 0 Å². The van der Waals surface area contributed by atoms with Crippen LogP contribution in [0.3, 0.4) is 0 Å². The van der Waals surface area contributed by atoms with Gasteiger partial charge in [0.2, 0.25) is 0 Å². The van der Waals surface area contributed by atoms with Crippen LogP contribution in [0.5, 0.6) is 0 Å². The lowest BCUT2D eigenvalue weighted by Crippen LogP contribution is -2.20. The molecular weight excluding hydrogens is 158 g/mol. The summed E-state index contributed by atoms with van der Waals surface area (Å²) in [6.07, 6.45) is 1.76. The smallest absolute Gasteiger partial charge is 0.108 e. The van der Waals surface area contributed by atoms with Crippen LogP contribution in [0.15, 0.2) is 11.6 Å². The van der Waals surface area contributed by atoms with Gasteiger partial charge in [-0.1, -0.05) is 0 Å². The molecule has 0 saturated heterocycles. The van der Waals surface area contributed by atoms with Gasteiger partial charge in [-0.2, -0.15) is 0 Å². The maximum absolute atomic E-state index is 5.04. The minimum Gasteiger partial charge on any atom is -0.271 e. The second kappa shape index (κ2) is 4.69. The van der Waals surface area contributed by atoms with E-state index in [0.29, 0.717) is 6.54 Å². The molecule has 0 atom stereocenters. The molecule has 5 heteroatoms. The third-order valence-electron chi connectivity index (χ3n) is 0.737. The van der Waals surface area contributed by atoms with Crippen LogP contribution in [0.2, 0.25) is 0 Å². The zero-order chi connectivity index (χ0) is 5.82. The van der Waals surface area contributed by atoms with Gasteiger partial charge in [0.15, 0.2) is 0 Å². The predicted molar refractivity (Wildman–Crippen MR) is 40.4 cm³/mol. The molecule has 0 saturated carbocycles. The Bertz CT molecular complexity index is 142. The summed E-state index contributed by atoms with van der Waals surface area (Å²) < 4.78 is 0. The van der Waals surface area contributed by atoms with E-state index in [0.717, 1.165) is 5.01 Å². The summed E-state index contributed by atoms with van der Waals surface area (Å²) in [6, 6.07) is 0. The number of thiazole rings is 1. The van der Waals surface area contributed by atoms with E-state index in [1.165, 1.54) is 0 Å². The van der Waals surface area contributed by atoms with Crippen molar-refractivity contribution in [3.8, 4) is 0 Å². The normalized spacial score (nSPS) is 8.56. The molecule has 0 amide bonds. The minimum atomic E-state index is 0. The number of hydrogen-bond donors (Lipinski definition) is 2. The van der Waals surface area contributed by atoms with Gasteiger partial charge in [0.1, 0.15) is 5.01 Å². The first-order valence-corrected chi connectivity index (χ1v) is 3.13. The van der Waals surface area contributed by atoms with Crippen LogP contribution in [0.25, 0.3) is 0 Å². The molecule has 0 bridgehead atoms. The molecule has 3 nitrogen and oxygen atoms in total. The Morgan fingerprint density at radius 1 is 1.78 bits per heavy atom. The summed E-state index contributed by atoms with van der Waals surface area (Å²) in [6.45, 7) is 0.664. The predicted octanol–water partition coefficient (Wildman–Crippen LogP) is 0.528. The Labute approximate surface area is 63.7 Å². The van der Waals surface area contributed by atoms with Crippen LogP contribution in [0, 0.1) is 0 Å². The first-order chi connectivity index (χ1) is 3.93. The third kappa shape index (κ3) is 2.76. The third-order valence-corrected chi connectivity index (χ3v) is 1.52. The lowest BCUT2D eigenvalue weighted by molar-refractivity contribution is 0.736. The van der Waals surface area contributed by atoms with Crippen LogP contribution in [-0.4, -0.2) is 4.98 Å². The standard InChI is InChI=1S/C4H7N3S.ClH/c5-7-3-4-6-1-2-8-4;/h1-2,7H,3,5H2;1H. The topological polar surface area (TPSA) is 50.9 Å². The minimum absolute atomic E-state index is 0. The maximum Gasteiger partial charge on any atom is 0.108 e. The fourth-order valence-electron chi connectivity index (χ4n) is 0.428. The summed E-state index contributed by atoms with van der Waals surface area (Å²) in [7, 11) is 0. The number of nitrogens with two attached hydrogens (primary N) is 1. The van der Waals surface area contributed by atoms with Gasteiger partial charge < -0.3 is 0 Å². The van der Waals surface area contributed by atoms with Gasteiger partial charge in [-0.15, -0.1) is 23.7 Å². The van der Waals surface area contributed by atoms with E-state index in [4.69, 9.17) is 5.84 Å². The highest BCUT2D eigenvalue weighted by molar-refractivity contribution is 7.09. The highest BCUT2D eigenvalue weighted by Gasteiger charge is 1.88. The molecule has 0 unspecified atom stereocenters. The van der Waals surface area contributed by atoms with Crippen molar-refractivity contribution < 1.29 is 0 Å². The fraction of sp³-hybridized carbons (Fsp3) is 0.250. The molecule has 0 aliphatic heterocycles. The molecule has 0 aliphatic carbocycles. The number of nitrogens with one attached hydrogen (secondary N) is 1. The average Bonchev–Trinajstić information content (AvgIpc) is 2.19. The van der Waals surface area contributed by atoms with Crippen molar-refractivity contribution in [3.05, 3.63) is 16.6 Å². The lowest BCUT2D eigenvalue weighted by Gasteiger charge is -1.88. The number of hydrogen-bond acceptors (Lipinski definition) is 4. The summed E-state index contributed by atoms with van der Waals surface area (Å²) in [5.74, 6) is 5.04. The maximum atomic E-state index is 5.04. The van der Waals surface area contributed by atoms with Crippen molar-refractivity contribution in [2.45, 2.75) is 6.54 Å². The second-order valence-electron chi connectivity index (χ2n) is 1.31. The molecule has 0 radical (unpaired) electrons. The van der Waals surface area contributed by atoms with Crippen molar-refractivity contribution in [2.75, 3.05) is 0 Å². The number of aromatic nitrogens is 1. The van der Waals surface area contributed by atoms with E-state index in [1.54, 1.807) is 17.5 Å². The Morgan fingerprint density at radius 3 is 3.00 bits per heavy atom. The highest BCUT2D eigenvalue weighted by Crippen LogP contribution is 2.01. The van der Waals surface area contributed by atoms with E-state index >= 15 is 0 Å². The van der Waals surface area contributed by atoms with Crippen LogP contribution in [0.1, 0.15) is 5.01 Å². The average molecular weight is 166 g/mol. The van der Waals surface area contributed by atoms with E-state index < -0.39 is 0 Å². The number of nitrogens with zero attached hydrogens (tertiary/aromatic N) is 1. The molecule has 3 N–H and O–H groups in total. The van der Waals surface area contributed by atoms with Gasteiger partial charge in [-0.05, 0) is 0 Å². The lowest BCUT2D eigenvalue weighted by atomic mass is 10.7. The molecule has 1 rings (SSSR count). The Hall–Kier alpha value is -0.160. The highest BCUT2D eigenvalue weighted by atomic mass is 35.5. The summed E-state index contributed by atoms with van der Waals surface area (Å²) >= 11 is 1.59. The monoisotopic (exact) mass is 165 g/mol. The van der Waals surface area contributed by atoms with Crippen LogP contribution in [0.4, 0.5) is 0 Å². The summed E-state index contributed by atoms with van der Waals surface area (Å²) in [5.41, 5.74) is 2.52. The van der Waals surface area contributed by atoms with Gasteiger partial charge in [0, 0.05) is 11.6 Å². The van der Waals surface area contributed by atoms with Gasteiger partial charge in [-0.3, -0.25) is 11.3 Å². The van der Waals surface area contributed by atoms with E-state index in [1.807, 2.05) is 5.38 Å². The van der Waals surface area contributed by atoms with Crippen molar-refractivity contribution in [2.24, 2.45) is 5.84 Å². The molecule has 9 heavy (non-hydrogen) atoms. The molecule has 1 aromatic heterocycles. The van der Waals surface area contributed by atoms with Crippen molar-refractivity contribution in [1.82, 2.24) is 10.4 Å². The number of halogens is 1. The molecule has 0 aliphatic rings. The van der Waals surface area contributed by atoms with Gasteiger partial charge in [0.25, 0.3) is 0 Å². The quantitative estimate of drug-likeness (QED) is 0.497. The second-order valence-corrected chi connectivity index (χ2v) is 2.29. The van der Waals surface area contributed by atoms with Crippen LogP contribution in [-0.2, 0) is 6.54 Å². The summed E-state index contributed by atoms with van der Waals surface area (Å²) in [4.78, 5) is 3.98. The number of rotatable bonds is 2. The first-order valence-electron chi connectivity index (χ1n) is 2.25. The van der Waals surface area contributed by atoms with Crippen molar-refractivity contribution in [3.63, 3.8) is 0 Å². The molecule has 0 fully saturated rings. The van der Waals surface area contributed by atoms with Crippen LogP contribution >= 0.6 is 23.7 Å². The van der Waals surface area contributed by atoms with E-state index in [-0.39, 0.29) is 12.4 Å². The zero-order valence-corrected chi connectivity index (χ0v) is 6.34. The van der Waals surface area contributed by atoms with E-state index in [9.17, 15) is 0 Å². The molecule has 0 aromatic carbocycles. The fourth-order valence-corrected chi connectivity index (χ4v) is 0.995. The molecule has 52 valence electrons. The SMILES string of the molecule is Cl.NNCc1nccs1. The van der Waals surface area contributed by atoms with Gasteiger partial charge in [-0.25, -0.2) is 4.98 Å². The first kappa shape index (κ1) is 8.84. The van der Waals surface area contributed by atoms with Crippen molar-refractivity contribution >= 4 is 23.7 Å². The number of hydrazine groups is 1.